The highest BCUT2D eigenvalue weighted by molar-refractivity contribution is 5.89. The number of methoxy groups -OCH3 is 4. The Bertz CT molecular complexity index is 1270. The first-order valence-corrected chi connectivity index (χ1v) is 9.38. The molecule has 4 heterocycles. The number of esters is 2. The molecule has 0 unspecified atom stereocenters. The van der Waals surface area contributed by atoms with E-state index in [0.29, 0.717) is 28.7 Å². The van der Waals surface area contributed by atoms with Crippen LogP contribution < -0.4 is 15.2 Å². The zero-order chi connectivity index (χ0) is 24.0. The molecule has 0 aliphatic heterocycles. The molecule has 0 saturated carbocycles. The van der Waals surface area contributed by atoms with Crippen molar-refractivity contribution in [1.82, 2.24) is 19.6 Å². The van der Waals surface area contributed by atoms with Gasteiger partial charge in [-0.05, 0) is 36.4 Å². The minimum absolute atomic E-state index is 0.167. The van der Waals surface area contributed by atoms with Crippen LogP contribution in [0.3, 0.4) is 0 Å². The van der Waals surface area contributed by atoms with Gasteiger partial charge < -0.3 is 29.1 Å². The van der Waals surface area contributed by atoms with Gasteiger partial charge in [-0.2, -0.15) is 0 Å². The van der Waals surface area contributed by atoms with Gasteiger partial charge in [-0.15, -0.1) is 5.10 Å². The quantitative estimate of drug-likeness (QED) is 0.441. The number of ether oxygens (including phenoxy) is 4. The van der Waals surface area contributed by atoms with Crippen LogP contribution >= 0.6 is 0 Å². The molecule has 0 aromatic carbocycles. The van der Waals surface area contributed by atoms with E-state index in [-0.39, 0.29) is 17.2 Å². The summed E-state index contributed by atoms with van der Waals surface area (Å²) in [7, 11) is 5.59. The first kappa shape index (κ1) is 23.1. The first-order valence-electron chi connectivity index (χ1n) is 9.38. The lowest BCUT2D eigenvalue weighted by atomic mass is 10.3. The second-order valence-corrected chi connectivity index (χ2v) is 6.20. The predicted octanol–water partition coefficient (Wildman–Crippen LogP) is 2.24. The number of anilines is 1. The smallest absolute Gasteiger partial charge is 0.356 e. The lowest BCUT2D eigenvalue weighted by molar-refractivity contribution is 0.0583. The summed E-state index contributed by atoms with van der Waals surface area (Å²) in [5.74, 6) is 0.958. The number of nitrogen functional groups attached to an aromatic ring is 1. The van der Waals surface area contributed by atoms with Crippen molar-refractivity contribution in [2.75, 3.05) is 34.2 Å². The fraction of sp³-hybridized carbons (Fsp3) is 0.190. The highest BCUT2D eigenvalue weighted by Crippen LogP contribution is 2.24. The van der Waals surface area contributed by atoms with Gasteiger partial charge in [-0.1, -0.05) is 0 Å². The van der Waals surface area contributed by atoms with Gasteiger partial charge in [0, 0.05) is 0 Å². The Labute approximate surface area is 187 Å². The monoisotopic (exact) mass is 455 g/mol. The van der Waals surface area contributed by atoms with E-state index in [1.54, 1.807) is 30.3 Å². The molecule has 0 radical (unpaired) electrons. The van der Waals surface area contributed by atoms with Crippen molar-refractivity contribution in [3.05, 3.63) is 54.0 Å². The van der Waals surface area contributed by atoms with Gasteiger partial charge in [0.25, 0.3) is 0 Å². The Morgan fingerprint density at radius 2 is 1.61 bits per heavy atom. The molecule has 4 rings (SSSR count). The number of nitrogens with two attached hydrogens (primary N) is 1. The Kier molecular flexibility index (Phi) is 7.08. The van der Waals surface area contributed by atoms with E-state index in [2.05, 4.69) is 19.8 Å². The lowest BCUT2D eigenvalue weighted by Gasteiger charge is -2.04. The number of furan rings is 1. The molecule has 0 spiro atoms. The standard InChI is InChI=1S/C13H11N3O4.C8H10N2O3/c1-18-10-6-5-8(13(17)19-2)16-12(10)14-11(15-16)9-4-3-7-20-9;1-12-6-4-3-5(8(11)13-2)10-7(6)9/h3-7H,1-2H3;3-4H,1-2H3,(H2,9,10). The van der Waals surface area contributed by atoms with Gasteiger partial charge in [-0.25, -0.2) is 24.1 Å². The molecule has 12 heteroatoms. The Morgan fingerprint density at radius 3 is 2.18 bits per heavy atom. The number of carbonyl (C=O) groups excluding carboxylic acids is 2. The molecule has 0 atom stereocenters. The molecule has 33 heavy (non-hydrogen) atoms. The number of aromatic nitrogens is 4. The van der Waals surface area contributed by atoms with Crippen molar-refractivity contribution in [1.29, 1.82) is 0 Å². The number of carbonyl (C=O) groups is 2. The highest BCUT2D eigenvalue weighted by Gasteiger charge is 2.19. The molecule has 12 nitrogen and oxygen atoms in total. The molecular formula is C21H21N5O7. The predicted molar refractivity (Wildman–Crippen MR) is 115 cm³/mol. The van der Waals surface area contributed by atoms with Crippen LogP contribution in [0.2, 0.25) is 0 Å². The summed E-state index contributed by atoms with van der Waals surface area (Å²) < 4.78 is 25.9. The summed E-state index contributed by atoms with van der Waals surface area (Å²) in [5.41, 5.74) is 6.32. The molecule has 0 bridgehead atoms. The largest absolute Gasteiger partial charge is 0.493 e. The number of fused-ring (bicyclic) bond motifs is 1. The number of pyridine rings is 2. The fourth-order valence-electron chi connectivity index (χ4n) is 2.72. The third-order valence-electron chi connectivity index (χ3n) is 4.30. The van der Waals surface area contributed by atoms with Crippen molar-refractivity contribution in [3.8, 4) is 23.1 Å². The van der Waals surface area contributed by atoms with Gasteiger partial charge >= 0.3 is 11.9 Å². The zero-order valence-corrected chi connectivity index (χ0v) is 18.3. The Balaban J connectivity index is 0.000000205. The van der Waals surface area contributed by atoms with E-state index in [9.17, 15) is 9.59 Å². The maximum atomic E-state index is 11.7. The second kappa shape index (κ2) is 10.1. The zero-order valence-electron chi connectivity index (χ0n) is 18.3. The van der Waals surface area contributed by atoms with E-state index in [0.717, 1.165) is 0 Å². The van der Waals surface area contributed by atoms with Crippen LogP contribution in [0.15, 0.2) is 47.1 Å². The number of nitrogens with zero attached hydrogens (tertiary/aromatic N) is 4. The summed E-state index contributed by atoms with van der Waals surface area (Å²) in [6, 6.07) is 9.73. The molecule has 0 aliphatic rings. The molecule has 4 aromatic heterocycles. The van der Waals surface area contributed by atoms with E-state index in [1.807, 2.05) is 0 Å². The van der Waals surface area contributed by atoms with Crippen LogP contribution in [0.1, 0.15) is 21.0 Å². The van der Waals surface area contributed by atoms with E-state index < -0.39 is 11.9 Å². The topological polar surface area (TPSA) is 153 Å². The van der Waals surface area contributed by atoms with Crippen LogP contribution in [0, 0.1) is 0 Å². The summed E-state index contributed by atoms with van der Waals surface area (Å²) in [6.07, 6.45) is 1.53. The SMILES string of the molecule is COC(=O)c1ccc(OC)c(N)n1.COC(=O)c1ccc(OC)c2nc(-c3ccco3)nn12. The average molecular weight is 455 g/mol. The molecule has 2 N–H and O–H groups in total. The van der Waals surface area contributed by atoms with E-state index in [4.69, 9.17) is 24.4 Å². The summed E-state index contributed by atoms with van der Waals surface area (Å²) in [6.45, 7) is 0. The molecule has 0 saturated heterocycles. The lowest BCUT2D eigenvalue weighted by Crippen LogP contribution is -2.09. The van der Waals surface area contributed by atoms with Gasteiger partial charge in [0.1, 0.15) is 0 Å². The van der Waals surface area contributed by atoms with Crippen molar-refractivity contribution in [2.24, 2.45) is 0 Å². The summed E-state index contributed by atoms with van der Waals surface area (Å²) >= 11 is 0. The third-order valence-corrected chi connectivity index (χ3v) is 4.30. The van der Waals surface area contributed by atoms with Crippen LogP contribution in [-0.2, 0) is 9.47 Å². The Hall–Kier alpha value is -4.61. The van der Waals surface area contributed by atoms with Crippen LogP contribution in [0.25, 0.3) is 17.2 Å². The molecule has 0 aliphatic carbocycles. The summed E-state index contributed by atoms with van der Waals surface area (Å²) in [5, 5.41) is 4.26. The maximum Gasteiger partial charge on any atom is 0.356 e. The van der Waals surface area contributed by atoms with Gasteiger partial charge in [0.2, 0.25) is 5.82 Å². The molecular weight excluding hydrogens is 434 g/mol. The first-order chi connectivity index (χ1) is 15.9. The van der Waals surface area contributed by atoms with Crippen LogP contribution in [-0.4, -0.2) is 60.0 Å². The van der Waals surface area contributed by atoms with Crippen molar-refractivity contribution >= 4 is 23.4 Å². The normalized spacial score (nSPS) is 10.2. The highest BCUT2D eigenvalue weighted by atomic mass is 16.5. The fourth-order valence-corrected chi connectivity index (χ4v) is 2.72. The minimum atomic E-state index is -0.519. The van der Waals surface area contributed by atoms with Crippen LogP contribution in [0.4, 0.5) is 5.82 Å². The average Bonchev–Trinajstić information content (AvgIpc) is 3.53. The second-order valence-electron chi connectivity index (χ2n) is 6.20. The number of hydrogen-bond acceptors (Lipinski definition) is 11. The van der Waals surface area contributed by atoms with Gasteiger partial charge in [0.05, 0.1) is 34.7 Å². The molecule has 172 valence electrons. The number of rotatable bonds is 5. The summed E-state index contributed by atoms with van der Waals surface area (Å²) in [4.78, 5) is 30.9. The molecule has 0 fully saturated rings. The van der Waals surface area contributed by atoms with Gasteiger partial charge in [0.15, 0.2) is 40.1 Å². The number of hydrogen-bond donors (Lipinski definition) is 1. The van der Waals surface area contributed by atoms with Crippen molar-refractivity contribution < 1.29 is 33.0 Å². The third kappa shape index (κ3) is 4.84. The van der Waals surface area contributed by atoms with Crippen LogP contribution in [0.5, 0.6) is 11.5 Å². The van der Waals surface area contributed by atoms with Crippen molar-refractivity contribution in [3.63, 3.8) is 0 Å². The van der Waals surface area contributed by atoms with E-state index >= 15 is 0 Å². The minimum Gasteiger partial charge on any atom is -0.493 e. The maximum absolute atomic E-state index is 11.7. The van der Waals surface area contributed by atoms with Gasteiger partial charge in [-0.3, -0.25) is 0 Å². The molecule has 4 aromatic rings. The molecule has 0 amide bonds. The van der Waals surface area contributed by atoms with E-state index in [1.165, 1.54) is 45.3 Å². The van der Waals surface area contributed by atoms with Crippen molar-refractivity contribution in [2.45, 2.75) is 0 Å². The Morgan fingerprint density at radius 1 is 0.909 bits per heavy atom.